The lowest BCUT2D eigenvalue weighted by molar-refractivity contribution is 0.0729. The van der Waals surface area contributed by atoms with Gasteiger partial charge >= 0.3 is 0 Å². The van der Waals surface area contributed by atoms with Crippen LogP contribution in [0.2, 0.25) is 0 Å². The number of amides is 1. The number of ether oxygens (including phenoxy) is 2. The summed E-state index contributed by atoms with van der Waals surface area (Å²) >= 11 is 0. The summed E-state index contributed by atoms with van der Waals surface area (Å²) in [5, 5.41) is 18.6. The zero-order chi connectivity index (χ0) is 29.3. The monoisotopic (exact) mass is 553 g/mol. The number of benzene rings is 3. The number of rotatable bonds is 10. The molecule has 41 heavy (non-hydrogen) atoms. The van der Waals surface area contributed by atoms with Gasteiger partial charge < -0.3 is 19.5 Å². The SMILES string of the molecule is CCOc1cc(C2c3c(-c4cc(C)cc(C)c4O)n[nH]c3C(=O)N2Cc2ccc(C)cc2)ccc1OCCC(C)C. The molecule has 214 valence electrons. The van der Waals surface area contributed by atoms with E-state index in [-0.39, 0.29) is 11.7 Å². The molecule has 1 aliphatic rings. The molecule has 4 aromatic rings. The highest BCUT2D eigenvalue weighted by atomic mass is 16.5. The number of aromatic nitrogens is 2. The van der Waals surface area contributed by atoms with Gasteiger partial charge in [0, 0.05) is 17.7 Å². The van der Waals surface area contributed by atoms with Crippen molar-refractivity contribution in [3.8, 4) is 28.5 Å². The number of nitrogens with zero attached hydrogens (tertiary/aromatic N) is 2. The van der Waals surface area contributed by atoms with Gasteiger partial charge in [-0.25, -0.2) is 0 Å². The zero-order valence-corrected chi connectivity index (χ0v) is 24.7. The van der Waals surface area contributed by atoms with Crippen LogP contribution >= 0.6 is 0 Å². The largest absolute Gasteiger partial charge is 0.507 e. The average molecular weight is 554 g/mol. The summed E-state index contributed by atoms with van der Waals surface area (Å²) in [6.45, 7) is 13.7. The molecule has 1 unspecified atom stereocenters. The second-order valence-corrected chi connectivity index (χ2v) is 11.3. The molecule has 0 saturated heterocycles. The Morgan fingerprint density at radius 1 is 0.976 bits per heavy atom. The molecule has 7 heteroatoms. The van der Waals surface area contributed by atoms with Crippen molar-refractivity contribution in [1.29, 1.82) is 0 Å². The molecule has 1 amide bonds. The van der Waals surface area contributed by atoms with Crippen LogP contribution in [0.1, 0.15) is 77.1 Å². The van der Waals surface area contributed by atoms with Gasteiger partial charge in [0.05, 0.1) is 19.3 Å². The highest BCUT2D eigenvalue weighted by Crippen LogP contribution is 2.47. The van der Waals surface area contributed by atoms with E-state index in [0.29, 0.717) is 54.1 Å². The normalized spacial score (nSPS) is 14.6. The van der Waals surface area contributed by atoms with Crippen LogP contribution in [0, 0.1) is 26.7 Å². The van der Waals surface area contributed by atoms with E-state index in [0.717, 1.165) is 39.8 Å². The minimum absolute atomic E-state index is 0.136. The van der Waals surface area contributed by atoms with Gasteiger partial charge in [-0.3, -0.25) is 9.89 Å². The number of H-pyrrole nitrogens is 1. The number of carbonyl (C=O) groups excluding carboxylic acids is 1. The van der Waals surface area contributed by atoms with Gasteiger partial charge in [0.1, 0.15) is 17.1 Å². The van der Waals surface area contributed by atoms with Crippen LogP contribution in [0.3, 0.4) is 0 Å². The molecule has 2 heterocycles. The molecular weight excluding hydrogens is 514 g/mol. The number of phenolic OH excluding ortho intramolecular Hbond substituents is 1. The fourth-order valence-electron chi connectivity index (χ4n) is 5.43. The molecule has 0 fully saturated rings. The molecule has 1 atom stereocenters. The third kappa shape index (κ3) is 5.67. The Balaban J connectivity index is 1.63. The van der Waals surface area contributed by atoms with Crippen LogP contribution in [0.25, 0.3) is 11.3 Å². The average Bonchev–Trinajstić information content (AvgIpc) is 3.47. The van der Waals surface area contributed by atoms with Crippen LogP contribution in [-0.2, 0) is 6.54 Å². The maximum absolute atomic E-state index is 13.9. The third-order valence-electron chi connectivity index (χ3n) is 7.57. The number of nitrogens with one attached hydrogen (secondary N) is 1. The standard InChI is InChI=1S/C34H39N3O4/c1-7-40-28-18-25(12-13-27(28)41-15-14-20(2)3)32-29-30(26-17-22(5)16-23(6)33(26)38)35-36-31(29)34(39)37(32)19-24-10-8-21(4)9-11-24/h8-13,16-18,20,32,38H,7,14-15,19H2,1-6H3,(H,35,36). The van der Waals surface area contributed by atoms with Crippen molar-refractivity contribution >= 4 is 5.91 Å². The maximum atomic E-state index is 13.9. The summed E-state index contributed by atoms with van der Waals surface area (Å²) in [6.07, 6.45) is 0.940. The Morgan fingerprint density at radius 2 is 1.73 bits per heavy atom. The van der Waals surface area contributed by atoms with Crippen LogP contribution in [0.4, 0.5) is 0 Å². The molecule has 0 saturated carbocycles. The number of carbonyl (C=O) groups is 1. The molecule has 3 aromatic carbocycles. The first kappa shape index (κ1) is 28.3. The van der Waals surface area contributed by atoms with Gasteiger partial charge in [-0.2, -0.15) is 5.10 Å². The Bertz CT molecular complexity index is 1560. The molecule has 7 nitrogen and oxygen atoms in total. The Hall–Kier alpha value is -4.26. The summed E-state index contributed by atoms with van der Waals surface area (Å²) in [4.78, 5) is 15.8. The van der Waals surface area contributed by atoms with Gasteiger partial charge in [-0.15, -0.1) is 0 Å². The van der Waals surface area contributed by atoms with Crippen LogP contribution in [0.5, 0.6) is 17.2 Å². The predicted octanol–water partition coefficient (Wildman–Crippen LogP) is 7.28. The quantitative estimate of drug-likeness (QED) is 0.216. The lowest BCUT2D eigenvalue weighted by Gasteiger charge is -2.27. The molecule has 0 bridgehead atoms. The Morgan fingerprint density at radius 3 is 2.44 bits per heavy atom. The van der Waals surface area contributed by atoms with Crippen molar-refractivity contribution in [2.24, 2.45) is 5.92 Å². The van der Waals surface area contributed by atoms with Crippen LogP contribution in [0.15, 0.2) is 54.6 Å². The molecule has 5 rings (SSSR count). The number of aromatic amines is 1. The number of hydrogen-bond acceptors (Lipinski definition) is 5. The minimum atomic E-state index is -0.448. The summed E-state index contributed by atoms with van der Waals surface area (Å²) < 4.78 is 12.1. The van der Waals surface area contributed by atoms with Gasteiger partial charge in [0.15, 0.2) is 11.5 Å². The molecule has 1 aliphatic heterocycles. The van der Waals surface area contributed by atoms with E-state index < -0.39 is 6.04 Å². The second-order valence-electron chi connectivity index (χ2n) is 11.3. The van der Waals surface area contributed by atoms with Crippen LogP contribution in [-0.4, -0.2) is 39.3 Å². The van der Waals surface area contributed by atoms with Gasteiger partial charge in [0.2, 0.25) is 0 Å². The van der Waals surface area contributed by atoms with E-state index in [1.165, 1.54) is 0 Å². The first-order valence-electron chi connectivity index (χ1n) is 14.3. The molecule has 2 N–H and O–H groups in total. The van der Waals surface area contributed by atoms with E-state index >= 15 is 0 Å². The van der Waals surface area contributed by atoms with Crippen molar-refractivity contribution in [2.75, 3.05) is 13.2 Å². The predicted molar refractivity (Wildman–Crippen MR) is 161 cm³/mol. The fourth-order valence-corrected chi connectivity index (χ4v) is 5.43. The summed E-state index contributed by atoms with van der Waals surface area (Å²) in [7, 11) is 0. The number of phenols is 1. The van der Waals surface area contributed by atoms with Crippen molar-refractivity contribution in [3.63, 3.8) is 0 Å². The number of aromatic hydroxyl groups is 1. The van der Waals surface area contributed by atoms with Crippen molar-refractivity contribution < 1.29 is 19.4 Å². The van der Waals surface area contributed by atoms with E-state index in [4.69, 9.17) is 9.47 Å². The molecule has 0 spiro atoms. The smallest absolute Gasteiger partial charge is 0.273 e. The van der Waals surface area contributed by atoms with Crippen molar-refractivity contribution in [3.05, 3.63) is 93.7 Å². The van der Waals surface area contributed by atoms with Gasteiger partial charge in [0.25, 0.3) is 5.91 Å². The summed E-state index contributed by atoms with van der Waals surface area (Å²) in [6, 6.07) is 17.5. The van der Waals surface area contributed by atoms with Crippen LogP contribution < -0.4 is 9.47 Å². The van der Waals surface area contributed by atoms with Gasteiger partial charge in [-0.1, -0.05) is 55.8 Å². The van der Waals surface area contributed by atoms with Crippen molar-refractivity contribution in [1.82, 2.24) is 15.1 Å². The fraction of sp³-hybridized carbons (Fsp3) is 0.353. The minimum Gasteiger partial charge on any atom is -0.507 e. The summed E-state index contributed by atoms with van der Waals surface area (Å²) in [5.74, 6) is 1.89. The molecular formula is C34H39N3O4. The van der Waals surface area contributed by atoms with Crippen molar-refractivity contribution in [2.45, 2.75) is 60.5 Å². The number of aryl methyl sites for hydroxylation is 3. The first-order valence-corrected chi connectivity index (χ1v) is 14.3. The van der Waals surface area contributed by atoms with E-state index in [1.807, 2.05) is 62.9 Å². The lowest BCUT2D eigenvalue weighted by Crippen LogP contribution is -2.29. The van der Waals surface area contributed by atoms with E-state index in [9.17, 15) is 9.90 Å². The third-order valence-corrected chi connectivity index (χ3v) is 7.57. The second kappa shape index (κ2) is 11.7. The molecule has 1 aromatic heterocycles. The lowest BCUT2D eigenvalue weighted by atomic mass is 9.93. The highest BCUT2D eigenvalue weighted by Gasteiger charge is 2.43. The number of hydrogen-bond donors (Lipinski definition) is 2. The van der Waals surface area contributed by atoms with E-state index in [2.05, 4.69) is 48.3 Å². The topological polar surface area (TPSA) is 87.7 Å². The first-order chi connectivity index (χ1) is 19.7. The molecule has 0 radical (unpaired) electrons. The molecule has 0 aliphatic carbocycles. The highest BCUT2D eigenvalue weighted by molar-refractivity contribution is 6.00. The maximum Gasteiger partial charge on any atom is 0.273 e. The summed E-state index contributed by atoms with van der Waals surface area (Å²) in [5.41, 5.74) is 7.20. The van der Waals surface area contributed by atoms with Gasteiger partial charge in [-0.05, 0) is 80.5 Å². The Labute approximate surface area is 242 Å². The Kier molecular flexibility index (Phi) is 8.06. The number of fused-ring (bicyclic) bond motifs is 1. The van der Waals surface area contributed by atoms with E-state index in [1.54, 1.807) is 0 Å². The zero-order valence-electron chi connectivity index (χ0n) is 24.7.